The fourth-order valence-corrected chi connectivity index (χ4v) is 2.40. The molecule has 1 unspecified atom stereocenters. The first kappa shape index (κ1) is 17.2. The van der Waals surface area contributed by atoms with Gasteiger partial charge in [-0.15, -0.1) is 0 Å². The second kappa shape index (κ2) is 7.89. The molecule has 0 fully saturated rings. The number of carbonyl (C=O) groups is 2. The average molecular weight is 331 g/mol. The van der Waals surface area contributed by atoms with Crippen LogP contribution in [-0.4, -0.2) is 41.7 Å². The molecule has 0 bridgehead atoms. The second-order valence-corrected chi connectivity index (χ2v) is 5.16. The third-order valence-electron chi connectivity index (χ3n) is 3.42. The third kappa shape index (κ3) is 4.40. The first-order valence-electron chi connectivity index (χ1n) is 7.23. The second-order valence-electron chi connectivity index (χ2n) is 5.16. The predicted octanol–water partition coefficient (Wildman–Crippen LogP) is 1.65. The number of para-hydroxylation sites is 1. The van der Waals surface area contributed by atoms with Crippen LogP contribution in [0.3, 0.4) is 0 Å². The fraction of sp³-hybridized carbons (Fsp3) is 0.333. The molecule has 1 aliphatic heterocycles. The number of nitrogens with zero attached hydrogens (tertiary/aromatic N) is 3. The summed E-state index contributed by atoms with van der Waals surface area (Å²) < 4.78 is 5.46. The van der Waals surface area contributed by atoms with Gasteiger partial charge < -0.3 is 20.5 Å². The van der Waals surface area contributed by atoms with Crippen molar-refractivity contribution in [2.75, 3.05) is 11.9 Å². The van der Waals surface area contributed by atoms with E-state index in [9.17, 15) is 9.59 Å². The number of carbonyl (C=O) groups excluding carboxylic acids is 1. The van der Waals surface area contributed by atoms with Gasteiger partial charge in [0.15, 0.2) is 0 Å². The summed E-state index contributed by atoms with van der Waals surface area (Å²) in [7, 11) is 0. The summed E-state index contributed by atoms with van der Waals surface area (Å²) in [4.78, 5) is 25.4. The lowest BCUT2D eigenvalue weighted by molar-refractivity contribution is -0.138. The van der Waals surface area contributed by atoms with E-state index in [-0.39, 0.29) is 18.2 Å². The summed E-state index contributed by atoms with van der Waals surface area (Å²) in [5.74, 6) is -1.91. The van der Waals surface area contributed by atoms with Crippen molar-refractivity contribution in [1.29, 1.82) is 0 Å². The Balaban J connectivity index is 2.23. The number of hydrogen-bond acceptors (Lipinski definition) is 5. The third-order valence-corrected chi connectivity index (χ3v) is 3.42. The maximum atomic E-state index is 11.4. The van der Waals surface area contributed by atoms with Gasteiger partial charge >= 0.3 is 5.97 Å². The summed E-state index contributed by atoms with van der Waals surface area (Å²) in [6.07, 6.45) is 0.475. The molecule has 0 aromatic heterocycles. The topological polar surface area (TPSA) is 136 Å². The van der Waals surface area contributed by atoms with Crippen molar-refractivity contribution in [3.05, 3.63) is 52.6 Å². The Hall–Kier alpha value is -3.19. The van der Waals surface area contributed by atoms with Gasteiger partial charge in [0.1, 0.15) is 6.10 Å². The molecule has 1 aliphatic rings. The highest BCUT2D eigenvalue weighted by atomic mass is 16.5. The lowest BCUT2D eigenvalue weighted by Crippen LogP contribution is -2.54. The molecule has 0 saturated heterocycles. The number of benzene rings is 1. The van der Waals surface area contributed by atoms with Crippen molar-refractivity contribution in [3.8, 4) is 0 Å². The number of carboxylic acid groups (broad SMARTS) is 1. The minimum absolute atomic E-state index is 0.219. The highest BCUT2D eigenvalue weighted by Crippen LogP contribution is 2.22. The van der Waals surface area contributed by atoms with Crippen LogP contribution in [-0.2, 0) is 14.3 Å². The lowest BCUT2D eigenvalue weighted by atomic mass is 9.98. The Morgan fingerprint density at radius 2 is 2.08 bits per heavy atom. The molecule has 3 atom stereocenters. The number of ether oxygens (including phenoxy) is 1. The van der Waals surface area contributed by atoms with E-state index in [2.05, 4.69) is 20.7 Å². The minimum Gasteiger partial charge on any atom is -0.479 e. The van der Waals surface area contributed by atoms with E-state index in [4.69, 9.17) is 15.4 Å². The van der Waals surface area contributed by atoms with Crippen molar-refractivity contribution in [3.63, 3.8) is 0 Å². The van der Waals surface area contributed by atoms with Crippen LogP contribution >= 0.6 is 0 Å². The van der Waals surface area contributed by atoms with Gasteiger partial charge in [0.05, 0.1) is 18.6 Å². The van der Waals surface area contributed by atoms with E-state index in [0.29, 0.717) is 0 Å². The molecule has 0 spiro atoms. The summed E-state index contributed by atoms with van der Waals surface area (Å²) in [5, 5.41) is 18.5. The van der Waals surface area contributed by atoms with Crippen molar-refractivity contribution in [2.45, 2.75) is 25.1 Å². The largest absolute Gasteiger partial charge is 0.479 e. The Bertz CT molecular complexity index is 684. The maximum Gasteiger partial charge on any atom is 0.370 e. The van der Waals surface area contributed by atoms with Crippen LogP contribution < -0.4 is 10.6 Å². The van der Waals surface area contributed by atoms with Crippen LogP contribution in [0.2, 0.25) is 0 Å². The Kier molecular flexibility index (Phi) is 5.64. The normalized spacial score (nSPS) is 22.4. The zero-order chi connectivity index (χ0) is 17.5. The molecule has 9 nitrogen and oxygen atoms in total. The molecule has 126 valence electrons. The number of anilines is 1. The smallest absolute Gasteiger partial charge is 0.370 e. The number of azide groups is 1. The molecule has 0 saturated carbocycles. The zero-order valence-electron chi connectivity index (χ0n) is 12.9. The highest BCUT2D eigenvalue weighted by Gasteiger charge is 2.36. The molecular formula is C15H17N5O4. The zero-order valence-corrected chi connectivity index (χ0v) is 12.9. The lowest BCUT2D eigenvalue weighted by Gasteiger charge is -2.35. The van der Waals surface area contributed by atoms with Crippen molar-refractivity contribution >= 4 is 17.6 Å². The molecule has 1 heterocycles. The van der Waals surface area contributed by atoms with Crippen LogP contribution in [0, 0.1) is 0 Å². The minimum atomic E-state index is -1.26. The number of hydrogen-bond donors (Lipinski definition) is 3. The predicted molar refractivity (Wildman–Crippen MR) is 86.1 cm³/mol. The van der Waals surface area contributed by atoms with Crippen LogP contribution in [0.1, 0.15) is 6.92 Å². The maximum absolute atomic E-state index is 11.4. The molecule has 0 aliphatic carbocycles. The van der Waals surface area contributed by atoms with Crippen molar-refractivity contribution < 1.29 is 19.4 Å². The standard InChI is InChI=1S/C15H17N5O4/c1-9(21)18-14-11(19-20-16)7-12(15(22)23)24-13(14)8-17-10-5-3-2-4-6-10/h2-7,11,13-14,17H,8H2,1H3,(H,18,21)(H,22,23)/t11?,13-,14+/m0/s1. The number of carboxylic acids is 1. The Morgan fingerprint density at radius 3 is 2.67 bits per heavy atom. The molecule has 0 radical (unpaired) electrons. The molecular weight excluding hydrogens is 314 g/mol. The highest BCUT2D eigenvalue weighted by molar-refractivity contribution is 5.84. The van der Waals surface area contributed by atoms with E-state index in [1.54, 1.807) is 0 Å². The number of nitrogens with one attached hydrogen (secondary N) is 2. The van der Waals surface area contributed by atoms with Crippen LogP contribution in [0.25, 0.3) is 10.4 Å². The molecule has 3 N–H and O–H groups in total. The van der Waals surface area contributed by atoms with E-state index < -0.39 is 24.2 Å². The molecule has 1 amide bonds. The number of aliphatic carboxylic acids is 1. The Labute approximate surface area is 137 Å². The quantitative estimate of drug-likeness (QED) is 0.413. The van der Waals surface area contributed by atoms with Gasteiger partial charge in [-0.2, -0.15) is 0 Å². The summed E-state index contributed by atoms with van der Waals surface area (Å²) in [6.45, 7) is 1.54. The summed E-state index contributed by atoms with van der Waals surface area (Å²) in [6, 6.07) is 7.70. The van der Waals surface area contributed by atoms with Gasteiger partial charge in [0, 0.05) is 17.5 Å². The Morgan fingerprint density at radius 1 is 1.38 bits per heavy atom. The fourth-order valence-electron chi connectivity index (χ4n) is 2.40. The first-order chi connectivity index (χ1) is 11.5. The average Bonchev–Trinajstić information content (AvgIpc) is 2.55. The van der Waals surface area contributed by atoms with Crippen molar-refractivity contribution in [1.82, 2.24) is 5.32 Å². The first-order valence-corrected chi connectivity index (χ1v) is 7.23. The number of rotatable bonds is 6. The van der Waals surface area contributed by atoms with Crippen LogP contribution in [0.15, 0.2) is 47.3 Å². The molecule has 2 rings (SSSR count). The molecule has 1 aromatic carbocycles. The van der Waals surface area contributed by atoms with Crippen LogP contribution in [0.4, 0.5) is 5.69 Å². The van der Waals surface area contributed by atoms with Gasteiger partial charge in [-0.3, -0.25) is 4.79 Å². The van der Waals surface area contributed by atoms with Crippen molar-refractivity contribution in [2.24, 2.45) is 5.11 Å². The monoisotopic (exact) mass is 331 g/mol. The summed E-state index contributed by atoms with van der Waals surface area (Å²) in [5.41, 5.74) is 9.52. The van der Waals surface area contributed by atoms with E-state index in [1.165, 1.54) is 13.0 Å². The molecule has 1 aromatic rings. The SMILES string of the molecule is CC(=O)N[C@@H]1C(N=[N+]=[N-])C=C(C(=O)O)O[C@H]1CNc1ccccc1. The molecule has 9 heteroatoms. The van der Waals surface area contributed by atoms with Gasteiger partial charge in [-0.1, -0.05) is 23.3 Å². The van der Waals surface area contributed by atoms with E-state index in [1.807, 2.05) is 30.3 Å². The van der Waals surface area contributed by atoms with Gasteiger partial charge in [-0.25, -0.2) is 4.79 Å². The van der Waals surface area contributed by atoms with Gasteiger partial charge in [-0.05, 0) is 23.7 Å². The summed E-state index contributed by atoms with van der Waals surface area (Å²) >= 11 is 0. The molecule has 24 heavy (non-hydrogen) atoms. The van der Waals surface area contributed by atoms with E-state index >= 15 is 0 Å². The van der Waals surface area contributed by atoms with E-state index in [0.717, 1.165) is 5.69 Å². The van der Waals surface area contributed by atoms with Gasteiger partial charge in [0.2, 0.25) is 11.7 Å². The van der Waals surface area contributed by atoms with Crippen LogP contribution in [0.5, 0.6) is 0 Å². The van der Waals surface area contributed by atoms with Gasteiger partial charge in [0.25, 0.3) is 0 Å². The number of amides is 1.